The molecule has 2 heterocycles. The maximum Gasteiger partial charge on any atom is 0.312 e. The zero-order chi connectivity index (χ0) is 23.4. The predicted octanol–water partition coefficient (Wildman–Crippen LogP) is 0.428. The van der Waals surface area contributed by atoms with Crippen LogP contribution < -0.4 is 0 Å². The van der Waals surface area contributed by atoms with E-state index in [1.54, 1.807) is 0 Å². The number of carbonyl (C=O) groups excluding carboxylic acids is 1. The summed E-state index contributed by atoms with van der Waals surface area (Å²) in [7, 11) is 1.51. The Kier molecular flexibility index (Phi) is 6.57. The average Bonchev–Trinajstić information content (AvgIpc) is 2.97. The third-order valence-corrected chi connectivity index (χ3v) is 8.26. The van der Waals surface area contributed by atoms with Gasteiger partial charge in [0.05, 0.1) is 37.4 Å². The van der Waals surface area contributed by atoms with Gasteiger partial charge in [-0.25, -0.2) is 0 Å². The maximum atomic E-state index is 13.4. The van der Waals surface area contributed by atoms with Gasteiger partial charge in [0.1, 0.15) is 17.8 Å². The molecule has 0 aromatic carbocycles. The molecule has 0 aromatic heterocycles. The number of hydrogen-bond donors (Lipinski definition) is 4. The first-order chi connectivity index (χ1) is 15.2. The minimum absolute atomic E-state index is 0.0699. The molecule has 12 atom stereocenters. The van der Waals surface area contributed by atoms with E-state index in [1.165, 1.54) is 7.11 Å². The van der Waals surface area contributed by atoms with Crippen LogP contribution >= 0.6 is 0 Å². The Morgan fingerprint density at radius 2 is 1.97 bits per heavy atom. The van der Waals surface area contributed by atoms with Crippen molar-refractivity contribution in [2.24, 2.45) is 35.5 Å². The van der Waals surface area contributed by atoms with E-state index < -0.39 is 66.5 Å². The Morgan fingerprint density at radius 3 is 2.59 bits per heavy atom. The van der Waals surface area contributed by atoms with Crippen LogP contribution in [-0.2, 0) is 19.0 Å². The predicted molar refractivity (Wildman–Crippen MR) is 114 cm³/mol. The van der Waals surface area contributed by atoms with Crippen molar-refractivity contribution in [2.45, 2.75) is 63.3 Å². The molecule has 1 spiro atoms. The zero-order valence-corrected chi connectivity index (χ0v) is 19.1. The van der Waals surface area contributed by atoms with E-state index in [0.29, 0.717) is 6.42 Å². The molecule has 2 fully saturated rings. The lowest BCUT2D eigenvalue weighted by molar-refractivity contribution is -0.172. The van der Waals surface area contributed by atoms with E-state index in [4.69, 9.17) is 14.2 Å². The minimum atomic E-state index is -1.23. The molecule has 4 aliphatic rings. The van der Waals surface area contributed by atoms with Gasteiger partial charge in [-0.15, -0.1) is 0 Å². The summed E-state index contributed by atoms with van der Waals surface area (Å²) in [5.41, 5.74) is -0.182. The van der Waals surface area contributed by atoms with Crippen LogP contribution in [0.15, 0.2) is 23.8 Å². The Morgan fingerprint density at radius 1 is 1.25 bits per heavy atom. The molecule has 4 rings (SSSR count). The highest BCUT2D eigenvalue weighted by Crippen LogP contribution is 2.61. The van der Waals surface area contributed by atoms with Crippen molar-refractivity contribution in [1.82, 2.24) is 0 Å². The van der Waals surface area contributed by atoms with Crippen LogP contribution in [0.3, 0.4) is 0 Å². The van der Waals surface area contributed by atoms with Crippen molar-refractivity contribution in [3.05, 3.63) is 23.8 Å². The highest BCUT2D eigenvalue weighted by Gasteiger charge is 2.69. The standard InChI is InChI=1S/C24H36O8/c1-5-13-19(27)18-14-6-7-16-15(10-30-4)23(29)31-21(17(26)9-25)11(2)8-12(3)24(16,18)32-22(14)20(13)28/h6-8,11,13-22,25-28H,5,9-10H2,1-4H3/b12-8+/t11-,13-,14-,15+,16-,17-,18+,19-,20-,21+,22-,24+/m1/s1. The Hall–Kier alpha value is -1.29. The van der Waals surface area contributed by atoms with Crippen LogP contribution in [0.5, 0.6) is 0 Å². The van der Waals surface area contributed by atoms with E-state index in [1.807, 2.05) is 39.0 Å². The van der Waals surface area contributed by atoms with Crippen molar-refractivity contribution >= 4 is 5.97 Å². The zero-order valence-electron chi connectivity index (χ0n) is 19.1. The molecule has 0 unspecified atom stereocenters. The first-order valence-corrected chi connectivity index (χ1v) is 11.6. The van der Waals surface area contributed by atoms with Gasteiger partial charge in [-0.1, -0.05) is 32.1 Å². The molecule has 0 aromatic rings. The molecule has 180 valence electrons. The summed E-state index contributed by atoms with van der Waals surface area (Å²) in [6, 6.07) is 0. The third kappa shape index (κ3) is 3.30. The monoisotopic (exact) mass is 452 g/mol. The summed E-state index contributed by atoms with van der Waals surface area (Å²) < 4.78 is 17.8. The third-order valence-electron chi connectivity index (χ3n) is 8.26. The second kappa shape index (κ2) is 8.81. The maximum absolute atomic E-state index is 13.4. The largest absolute Gasteiger partial charge is 0.459 e. The number of ether oxygens (including phenoxy) is 3. The second-order valence-electron chi connectivity index (χ2n) is 9.86. The summed E-state index contributed by atoms with van der Waals surface area (Å²) in [6.45, 7) is 5.22. The normalized spacial score (nSPS) is 50.4. The van der Waals surface area contributed by atoms with Crippen LogP contribution in [0.2, 0.25) is 0 Å². The molecule has 0 radical (unpaired) electrons. The average molecular weight is 453 g/mol. The molecular formula is C24H36O8. The lowest BCUT2D eigenvalue weighted by Gasteiger charge is -2.49. The van der Waals surface area contributed by atoms with Crippen LogP contribution in [0, 0.1) is 35.5 Å². The summed E-state index contributed by atoms with van der Waals surface area (Å²) in [6.07, 6.45) is 2.18. The molecule has 8 nitrogen and oxygen atoms in total. The van der Waals surface area contributed by atoms with Gasteiger partial charge in [-0.05, 0) is 18.9 Å². The summed E-state index contributed by atoms with van der Waals surface area (Å²) in [4.78, 5) is 13.4. The SMILES string of the molecule is CC[C@H]1[C@@H](O)[C@@H]2O[C@@]34/C(C)=C/[C@@H](C)[C@@H]([C@H](O)CO)OC(=O)[C@@H](COC)[C@H]3C=C[C@@H]2[C@H]4[C@@H]1O. The highest BCUT2D eigenvalue weighted by atomic mass is 16.6. The van der Waals surface area contributed by atoms with E-state index in [9.17, 15) is 25.2 Å². The number of cyclic esters (lactones) is 1. The van der Waals surface area contributed by atoms with Crippen LogP contribution in [-0.4, -0.2) is 82.8 Å². The molecule has 0 amide bonds. The van der Waals surface area contributed by atoms with E-state index in [0.717, 1.165) is 5.57 Å². The van der Waals surface area contributed by atoms with Gasteiger partial charge in [0.15, 0.2) is 0 Å². The topological polar surface area (TPSA) is 126 Å². The number of esters is 1. The molecule has 4 N–H and O–H groups in total. The summed E-state index contributed by atoms with van der Waals surface area (Å²) in [5.74, 6) is -2.99. The number of methoxy groups -OCH3 is 1. The fraction of sp³-hybridized carbons (Fsp3) is 0.792. The number of aliphatic hydroxyl groups excluding tert-OH is 4. The van der Waals surface area contributed by atoms with Crippen LogP contribution in [0.25, 0.3) is 0 Å². The first kappa shape index (κ1) is 23.9. The van der Waals surface area contributed by atoms with Crippen LogP contribution in [0.4, 0.5) is 0 Å². The lowest BCUT2D eigenvalue weighted by Crippen LogP contribution is -2.58. The van der Waals surface area contributed by atoms with E-state index >= 15 is 0 Å². The highest BCUT2D eigenvalue weighted by molar-refractivity contribution is 5.74. The number of carbonyl (C=O) groups is 1. The Balaban J connectivity index is 1.89. The van der Waals surface area contributed by atoms with Gasteiger partial charge < -0.3 is 34.6 Å². The summed E-state index contributed by atoms with van der Waals surface area (Å²) in [5, 5.41) is 42.3. The lowest BCUT2D eigenvalue weighted by atomic mass is 9.56. The van der Waals surface area contributed by atoms with Crippen molar-refractivity contribution in [2.75, 3.05) is 20.3 Å². The smallest absolute Gasteiger partial charge is 0.312 e. The van der Waals surface area contributed by atoms with E-state index in [-0.39, 0.29) is 24.4 Å². The Labute approximate surface area is 188 Å². The number of aliphatic hydroxyl groups is 4. The van der Waals surface area contributed by atoms with Crippen molar-refractivity contribution < 1.29 is 39.4 Å². The summed E-state index contributed by atoms with van der Waals surface area (Å²) >= 11 is 0. The Bertz CT molecular complexity index is 780. The van der Waals surface area contributed by atoms with Crippen molar-refractivity contribution in [3.63, 3.8) is 0 Å². The fourth-order valence-electron chi connectivity index (χ4n) is 6.80. The first-order valence-electron chi connectivity index (χ1n) is 11.6. The fourth-order valence-corrected chi connectivity index (χ4v) is 6.80. The van der Waals surface area contributed by atoms with Gasteiger partial charge in [0, 0.05) is 36.7 Å². The molecule has 8 heteroatoms. The molecule has 2 aliphatic carbocycles. The molecule has 1 saturated heterocycles. The van der Waals surface area contributed by atoms with E-state index in [2.05, 4.69) is 0 Å². The van der Waals surface area contributed by atoms with Gasteiger partial charge in [0.25, 0.3) is 0 Å². The minimum Gasteiger partial charge on any atom is -0.459 e. The van der Waals surface area contributed by atoms with Gasteiger partial charge in [-0.2, -0.15) is 0 Å². The van der Waals surface area contributed by atoms with Crippen LogP contribution in [0.1, 0.15) is 27.2 Å². The number of hydrogen-bond acceptors (Lipinski definition) is 8. The molecule has 32 heavy (non-hydrogen) atoms. The van der Waals surface area contributed by atoms with Crippen molar-refractivity contribution in [3.8, 4) is 0 Å². The van der Waals surface area contributed by atoms with Gasteiger partial charge >= 0.3 is 5.97 Å². The molecule has 1 saturated carbocycles. The number of rotatable bonds is 5. The second-order valence-corrected chi connectivity index (χ2v) is 9.86. The molecule has 4 bridgehead atoms. The van der Waals surface area contributed by atoms with Crippen molar-refractivity contribution in [1.29, 1.82) is 0 Å². The van der Waals surface area contributed by atoms with Gasteiger partial charge in [0.2, 0.25) is 0 Å². The van der Waals surface area contributed by atoms with Gasteiger partial charge in [-0.3, -0.25) is 4.79 Å². The molecule has 2 aliphatic heterocycles. The quantitative estimate of drug-likeness (QED) is 0.350. The molecular weight excluding hydrogens is 416 g/mol.